The number of nitrogens with zero attached hydrogens (tertiary/aromatic N) is 2. The minimum absolute atomic E-state index is 0.0457. The van der Waals surface area contributed by atoms with Gasteiger partial charge < -0.3 is 5.11 Å². The molecule has 0 aliphatic carbocycles. The minimum Gasteiger partial charge on any atom is -0.389 e. The molecule has 2 rings (SSSR count). The lowest BCUT2D eigenvalue weighted by molar-refractivity contribution is -0.386. The number of nitro groups is 1. The second-order valence-electron chi connectivity index (χ2n) is 3.80. The van der Waals surface area contributed by atoms with Gasteiger partial charge in [-0.1, -0.05) is 15.9 Å². The maximum Gasteiger partial charge on any atom is 0.275 e. The summed E-state index contributed by atoms with van der Waals surface area (Å²) in [5.41, 5.74) is 0.608. The van der Waals surface area contributed by atoms with Gasteiger partial charge in [-0.15, -0.1) is 0 Å². The summed E-state index contributed by atoms with van der Waals surface area (Å²) < 4.78 is 0.662. The number of benzene rings is 1. The number of hydrogen-bond donors (Lipinski definition) is 1. The standard InChI is InChI=1S/C10H11BrN2O4/c11-8-2-1-7(10(3-8)13(15)16)4-12-5-9(14)6-17-12/h1-3,9,14H,4-6H2/t9-/m0/s1. The highest BCUT2D eigenvalue weighted by atomic mass is 79.9. The third-order valence-electron chi connectivity index (χ3n) is 2.45. The predicted octanol–water partition coefficient (Wildman–Crippen LogP) is 1.47. The Morgan fingerprint density at radius 2 is 2.41 bits per heavy atom. The maximum atomic E-state index is 10.9. The average molecular weight is 303 g/mol. The predicted molar refractivity (Wildman–Crippen MR) is 63.2 cm³/mol. The molecule has 0 bridgehead atoms. The van der Waals surface area contributed by atoms with E-state index in [0.717, 1.165) is 0 Å². The second kappa shape index (κ2) is 5.09. The molecular weight excluding hydrogens is 292 g/mol. The van der Waals surface area contributed by atoms with E-state index in [2.05, 4.69) is 15.9 Å². The third kappa shape index (κ3) is 3.01. The fraction of sp³-hybridized carbons (Fsp3) is 0.400. The Kier molecular flexibility index (Phi) is 3.72. The van der Waals surface area contributed by atoms with Crippen LogP contribution in [0.4, 0.5) is 5.69 Å². The zero-order valence-electron chi connectivity index (χ0n) is 8.88. The largest absolute Gasteiger partial charge is 0.389 e. The van der Waals surface area contributed by atoms with E-state index in [0.29, 0.717) is 23.1 Å². The van der Waals surface area contributed by atoms with Crippen molar-refractivity contribution >= 4 is 21.6 Å². The van der Waals surface area contributed by atoms with Gasteiger partial charge >= 0.3 is 0 Å². The van der Waals surface area contributed by atoms with Crippen molar-refractivity contribution in [3.8, 4) is 0 Å². The lowest BCUT2D eigenvalue weighted by Crippen LogP contribution is -2.21. The highest BCUT2D eigenvalue weighted by molar-refractivity contribution is 9.10. The van der Waals surface area contributed by atoms with Crippen molar-refractivity contribution < 1.29 is 14.9 Å². The Bertz CT molecular complexity index is 440. The molecule has 6 nitrogen and oxygen atoms in total. The Balaban J connectivity index is 2.17. The van der Waals surface area contributed by atoms with Gasteiger partial charge in [0.25, 0.3) is 5.69 Å². The van der Waals surface area contributed by atoms with Crippen LogP contribution in [0.3, 0.4) is 0 Å². The number of hydroxylamine groups is 2. The van der Waals surface area contributed by atoms with Crippen LogP contribution in [0.15, 0.2) is 22.7 Å². The quantitative estimate of drug-likeness (QED) is 0.676. The Hall–Kier alpha value is -1.02. The number of aliphatic hydroxyl groups is 1. The van der Waals surface area contributed by atoms with Crippen LogP contribution in [0.2, 0.25) is 0 Å². The number of β-amino-alcohol motifs (C(OH)–C–C–N with tert-alkyl or cyclic N) is 1. The normalized spacial score (nSPS) is 20.7. The summed E-state index contributed by atoms with van der Waals surface area (Å²) >= 11 is 3.20. The molecule has 1 aliphatic rings. The molecule has 7 heteroatoms. The van der Waals surface area contributed by atoms with Crippen molar-refractivity contribution in [1.29, 1.82) is 0 Å². The van der Waals surface area contributed by atoms with Crippen LogP contribution >= 0.6 is 15.9 Å². The summed E-state index contributed by atoms with van der Waals surface area (Å²) in [5.74, 6) is 0. The zero-order chi connectivity index (χ0) is 12.4. The smallest absolute Gasteiger partial charge is 0.275 e. The van der Waals surface area contributed by atoms with Gasteiger partial charge in [-0.05, 0) is 12.1 Å². The molecule has 1 heterocycles. The topological polar surface area (TPSA) is 75.8 Å². The minimum atomic E-state index is -0.524. The molecule has 1 saturated heterocycles. The lowest BCUT2D eigenvalue weighted by atomic mass is 10.2. The maximum absolute atomic E-state index is 10.9. The molecule has 1 atom stereocenters. The van der Waals surface area contributed by atoms with E-state index in [1.54, 1.807) is 12.1 Å². The van der Waals surface area contributed by atoms with Crippen LogP contribution in [0.5, 0.6) is 0 Å². The Morgan fingerprint density at radius 1 is 1.65 bits per heavy atom. The Morgan fingerprint density at radius 3 is 3.00 bits per heavy atom. The molecule has 0 unspecified atom stereocenters. The molecule has 0 saturated carbocycles. The molecule has 0 radical (unpaired) electrons. The van der Waals surface area contributed by atoms with Crippen molar-refractivity contribution in [3.05, 3.63) is 38.3 Å². The van der Waals surface area contributed by atoms with Gasteiger partial charge in [-0.3, -0.25) is 15.0 Å². The molecule has 1 aromatic rings. The molecule has 17 heavy (non-hydrogen) atoms. The SMILES string of the molecule is O=[N+]([O-])c1cc(Br)ccc1CN1C[C@H](O)CO1. The van der Waals surface area contributed by atoms with Crippen molar-refractivity contribution in [1.82, 2.24) is 5.06 Å². The summed E-state index contributed by atoms with van der Waals surface area (Å²) in [6.45, 7) is 0.901. The summed E-state index contributed by atoms with van der Waals surface area (Å²) in [4.78, 5) is 15.6. The summed E-state index contributed by atoms with van der Waals surface area (Å²) in [7, 11) is 0. The molecule has 0 spiro atoms. The van der Waals surface area contributed by atoms with Crippen molar-refractivity contribution in [2.24, 2.45) is 0 Å². The molecule has 1 aromatic carbocycles. The first-order valence-corrected chi connectivity index (χ1v) is 5.84. The first-order chi connectivity index (χ1) is 8.06. The van der Waals surface area contributed by atoms with Crippen LogP contribution in [-0.2, 0) is 11.4 Å². The third-order valence-corrected chi connectivity index (χ3v) is 2.95. The van der Waals surface area contributed by atoms with Crippen molar-refractivity contribution in [2.75, 3.05) is 13.2 Å². The zero-order valence-corrected chi connectivity index (χ0v) is 10.5. The molecular formula is C10H11BrN2O4. The lowest BCUT2D eigenvalue weighted by Gasteiger charge is -2.13. The van der Waals surface area contributed by atoms with E-state index in [1.807, 2.05) is 0 Å². The van der Waals surface area contributed by atoms with Gasteiger partial charge in [-0.2, -0.15) is 5.06 Å². The monoisotopic (exact) mass is 302 g/mol. The van der Waals surface area contributed by atoms with Crippen molar-refractivity contribution in [3.63, 3.8) is 0 Å². The van der Waals surface area contributed by atoms with Crippen LogP contribution in [-0.4, -0.2) is 34.3 Å². The average Bonchev–Trinajstić information content (AvgIpc) is 2.66. The van der Waals surface area contributed by atoms with E-state index in [4.69, 9.17) is 4.84 Å². The fourth-order valence-electron chi connectivity index (χ4n) is 1.67. The summed E-state index contributed by atoms with van der Waals surface area (Å²) in [6.07, 6.45) is -0.524. The van der Waals surface area contributed by atoms with E-state index in [9.17, 15) is 15.2 Å². The van der Waals surface area contributed by atoms with Gasteiger partial charge in [0, 0.05) is 16.1 Å². The van der Waals surface area contributed by atoms with Crippen molar-refractivity contribution in [2.45, 2.75) is 12.6 Å². The van der Waals surface area contributed by atoms with Gasteiger partial charge in [0.15, 0.2) is 0 Å². The highest BCUT2D eigenvalue weighted by Gasteiger charge is 2.24. The second-order valence-corrected chi connectivity index (χ2v) is 4.72. The Labute approximate surface area is 106 Å². The molecule has 1 fully saturated rings. The highest BCUT2D eigenvalue weighted by Crippen LogP contribution is 2.25. The molecule has 0 aromatic heterocycles. The molecule has 0 amide bonds. The fourth-order valence-corrected chi connectivity index (χ4v) is 2.02. The van der Waals surface area contributed by atoms with E-state index in [-0.39, 0.29) is 12.3 Å². The van der Waals surface area contributed by atoms with Crippen LogP contribution < -0.4 is 0 Å². The van der Waals surface area contributed by atoms with E-state index >= 15 is 0 Å². The molecule has 1 aliphatic heterocycles. The van der Waals surface area contributed by atoms with Crippen LogP contribution in [0.25, 0.3) is 0 Å². The molecule has 1 N–H and O–H groups in total. The summed E-state index contributed by atoms with van der Waals surface area (Å²) in [5, 5.41) is 21.7. The number of hydrogen-bond acceptors (Lipinski definition) is 5. The number of aliphatic hydroxyl groups excluding tert-OH is 1. The number of halogens is 1. The van der Waals surface area contributed by atoms with Gasteiger partial charge in [0.05, 0.1) is 30.7 Å². The van der Waals surface area contributed by atoms with E-state index < -0.39 is 11.0 Å². The van der Waals surface area contributed by atoms with Crippen LogP contribution in [0.1, 0.15) is 5.56 Å². The van der Waals surface area contributed by atoms with Gasteiger partial charge in [-0.25, -0.2) is 0 Å². The number of rotatable bonds is 3. The molecule has 92 valence electrons. The van der Waals surface area contributed by atoms with Crippen LogP contribution in [0, 0.1) is 10.1 Å². The first-order valence-electron chi connectivity index (χ1n) is 5.05. The number of nitro benzene ring substituents is 1. The summed E-state index contributed by atoms with van der Waals surface area (Å²) in [6, 6.07) is 4.88. The van der Waals surface area contributed by atoms with Gasteiger partial charge in [0.1, 0.15) is 0 Å². The first kappa shape index (κ1) is 12.4. The van der Waals surface area contributed by atoms with E-state index in [1.165, 1.54) is 11.1 Å². The van der Waals surface area contributed by atoms with Gasteiger partial charge in [0.2, 0.25) is 0 Å².